The first-order valence-corrected chi connectivity index (χ1v) is 5.93. The molecule has 0 aliphatic rings. The van der Waals surface area contributed by atoms with Crippen LogP contribution in [0.5, 0.6) is 0 Å². The van der Waals surface area contributed by atoms with E-state index in [1.54, 1.807) is 6.07 Å². The molecule has 2 aromatic carbocycles. The molecule has 0 bridgehead atoms. The third kappa shape index (κ3) is 2.22. The zero-order chi connectivity index (χ0) is 13.9. The van der Waals surface area contributed by atoms with E-state index in [4.69, 9.17) is 0 Å². The molecule has 5 nitrogen and oxygen atoms in total. The Morgan fingerprint density at radius 3 is 2.65 bits per heavy atom. The molecule has 3 aromatic rings. The minimum atomic E-state index is -0.435. The fourth-order valence-corrected chi connectivity index (χ4v) is 1.87. The molecule has 1 aromatic heterocycles. The molecule has 0 amide bonds. The number of H-pyrrole nitrogens is 1. The van der Waals surface area contributed by atoms with Crippen LogP contribution < -0.4 is 0 Å². The van der Waals surface area contributed by atoms with Crippen LogP contribution in [0.4, 0.5) is 5.69 Å². The molecule has 96 valence electrons. The number of rotatable bonds is 1. The molecule has 0 spiro atoms. The third-order valence-corrected chi connectivity index (χ3v) is 2.86. The molecule has 1 heterocycles. The van der Waals surface area contributed by atoms with Gasteiger partial charge in [-0.25, -0.2) is 0 Å². The van der Waals surface area contributed by atoms with Crippen molar-refractivity contribution in [2.75, 3.05) is 0 Å². The fraction of sp³-hybridized carbons (Fsp3) is 0. The third-order valence-electron chi connectivity index (χ3n) is 2.86. The topological polar surface area (TPSA) is 71.8 Å². The van der Waals surface area contributed by atoms with Crippen molar-refractivity contribution in [3.05, 3.63) is 69.9 Å². The lowest BCUT2D eigenvalue weighted by Gasteiger charge is -1.91. The van der Waals surface area contributed by atoms with Crippen LogP contribution in [0.1, 0.15) is 11.3 Å². The van der Waals surface area contributed by atoms with Crippen molar-refractivity contribution in [3.8, 4) is 11.8 Å². The fourth-order valence-electron chi connectivity index (χ4n) is 1.87. The Morgan fingerprint density at radius 1 is 1.10 bits per heavy atom. The van der Waals surface area contributed by atoms with Gasteiger partial charge in [0.05, 0.1) is 10.4 Å². The minimum absolute atomic E-state index is 0.0312. The summed E-state index contributed by atoms with van der Waals surface area (Å²) < 4.78 is 0. The van der Waals surface area contributed by atoms with Crippen LogP contribution in [0, 0.1) is 22.0 Å². The summed E-state index contributed by atoms with van der Waals surface area (Å²) in [7, 11) is 0. The largest absolute Gasteiger partial charge is 0.276 e. The summed E-state index contributed by atoms with van der Waals surface area (Å²) in [5.74, 6) is 5.98. The first kappa shape index (κ1) is 11.9. The average molecular weight is 263 g/mol. The Kier molecular flexibility index (Phi) is 2.90. The normalized spacial score (nSPS) is 10.0. The second-order valence-corrected chi connectivity index (χ2v) is 4.18. The maximum absolute atomic E-state index is 10.7. The number of nitrogens with zero attached hydrogens (tertiary/aromatic N) is 2. The lowest BCUT2D eigenvalue weighted by molar-refractivity contribution is -0.384. The van der Waals surface area contributed by atoms with Crippen LogP contribution in [-0.4, -0.2) is 15.1 Å². The predicted molar refractivity (Wildman–Crippen MR) is 75.2 cm³/mol. The van der Waals surface area contributed by atoms with E-state index in [0.29, 0.717) is 11.2 Å². The van der Waals surface area contributed by atoms with Gasteiger partial charge >= 0.3 is 0 Å². The monoisotopic (exact) mass is 263 g/mol. The molecular weight excluding hydrogens is 254 g/mol. The predicted octanol–water partition coefficient (Wildman–Crippen LogP) is 2.87. The van der Waals surface area contributed by atoms with Gasteiger partial charge in [-0.1, -0.05) is 24.1 Å². The van der Waals surface area contributed by atoms with Gasteiger partial charge in [-0.3, -0.25) is 15.2 Å². The van der Waals surface area contributed by atoms with Crippen molar-refractivity contribution < 1.29 is 4.92 Å². The van der Waals surface area contributed by atoms with E-state index in [1.165, 1.54) is 12.1 Å². The number of hydrogen-bond donors (Lipinski definition) is 1. The zero-order valence-electron chi connectivity index (χ0n) is 10.3. The van der Waals surface area contributed by atoms with E-state index in [9.17, 15) is 10.1 Å². The molecule has 20 heavy (non-hydrogen) atoms. The van der Waals surface area contributed by atoms with Gasteiger partial charge < -0.3 is 0 Å². The number of aromatic amines is 1. The zero-order valence-corrected chi connectivity index (χ0v) is 10.3. The molecular formula is C15H9N3O2. The number of hydrogen-bond acceptors (Lipinski definition) is 3. The molecule has 0 aliphatic carbocycles. The van der Waals surface area contributed by atoms with E-state index in [0.717, 1.165) is 10.9 Å². The SMILES string of the molecule is O=[N+]([O-])c1ccc2c(C#Cc3ccccc3)n[nH]c2c1. The van der Waals surface area contributed by atoms with Crippen molar-refractivity contribution in [3.63, 3.8) is 0 Å². The number of nitro groups is 1. The van der Waals surface area contributed by atoms with E-state index in [1.807, 2.05) is 30.3 Å². The summed E-state index contributed by atoms with van der Waals surface area (Å²) >= 11 is 0. The molecule has 0 fully saturated rings. The molecule has 1 N–H and O–H groups in total. The van der Waals surface area contributed by atoms with E-state index < -0.39 is 4.92 Å². The van der Waals surface area contributed by atoms with E-state index in [2.05, 4.69) is 22.0 Å². The van der Waals surface area contributed by atoms with Gasteiger partial charge in [0.2, 0.25) is 0 Å². The molecule has 3 rings (SSSR count). The summed E-state index contributed by atoms with van der Waals surface area (Å²) in [6, 6.07) is 14.1. The average Bonchev–Trinajstić information content (AvgIpc) is 2.88. The number of fused-ring (bicyclic) bond motifs is 1. The van der Waals surface area contributed by atoms with Gasteiger partial charge in [-0.05, 0) is 24.1 Å². The molecule has 0 saturated carbocycles. The summed E-state index contributed by atoms with van der Waals surface area (Å²) in [6.07, 6.45) is 0. The highest BCUT2D eigenvalue weighted by Gasteiger charge is 2.09. The van der Waals surface area contributed by atoms with Crippen LogP contribution in [0.25, 0.3) is 10.9 Å². The number of nitrogens with one attached hydrogen (secondary N) is 1. The molecule has 0 atom stereocenters. The van der Waals surface area contributed by atoms with Crippen LogP contribution in [-0.2, 0) is 0 Å². The van der Waals surface area contributed by atoms with Gasteiger partial charge in [-0.15, -0.1) is 0 Å². The highest BCUT2D eigenvalue weighted by molar-refractivity contribution is 5.85. The van der Waals surface area contributed by atoms with Crippen molar-refractivity contribution in [2.24, 2.45) is 0 Å². The highest BCUT2D eigenvalue weighted by Crippen LogP contribution is 2.21. The van der Waals surface area contributed by atoms with E-state index >= 15 is 0 Å². The number of nitro benzene ring substituents is 1. The van der Waals surface area contributed by atoms with Gasteiger partial charge in [0.25, 0.3) is 5.69 Å². The van der Waals surface area contributed by atoms with Crippen LogP contribution in [0.15, 0.2) is 48.5 Å². The molecule has 0 radical (unpaired) electrons. The molecule has 0 aliphatic heterocycles. The van der Waals surface area contributed by atoms with Crippen molar-refractivity contribution in [1.82, 2.24) is 10.2 Å². The summed E-state index contributed by atoms with van der Waals surface area (Å²) in [4.78, 5) is 10.3. The second-order valence-electron chi connectivity index (χ2n) is 4.18. The first-order chi connectivity index (χ1) is 9.74. The number of benzene rings is 2. The van der Waals surface area contributed by atoms with Gasteiger partial charge in [0.15, 0.2) is 0 Å². The summed E-state index contributed by atoms with van der Waals surface area (Å²) in [5.41, 5.74) is 2.12. The second kappa shape index (κ2) is 4.86. The van der Waals surface area contributed by atoms with Crippen molar-refractivity contribution in [2.45, 2.75) is 0 Å². The summed E-state index contributed by atoms with van der Waals surface area (Å²) in [6.45, 7) is 0. The van der Waals surface area contributed by atoms with E-state index in [-0.39, 0.29) is 5.69 Å². The van der Waals surface area contributed by atoms with Crippen molar-refractivity contribution in [1.29, 1.82) is 0 Å². The Morgan fingerprint density at radius 2 is 1.90 bits per heavy atom. The molecule has 0 saturated heterocycles. The van der Waals surface area contributed by atoms with Crippen LogP contribution >= 0.6 is 0 Å². The van der Waals surface area contributed by atoms with Crippen LogP contribution in [0.3, 0.4) is 0 Å². The molecule has 5 heteroatoms. The number of non-ortho nitro benzene ring substituents is 1. The lowest BCUT2D eigenvalue weighted by atomic mass is 10.2. The maximum Gasteiger partial charge on any atom is 0.271 e. The van der Waals surface area contributed by atoms with Crippen LogP contribution in [0.2, 0.25) is 0 Å². The highest BCUT2D eigenvalue weighted by atomic mass is 16.6. The number of aromatic nitrogens is 2. The lowest BCUT2D eigenvalue weighted by Crippen LogP contribution is -1.86. The Balaban J connectivity index is 2.02. The van der Waals surface area contributed by atoms with Gasteiger partial charge in [0, 0.05) is 23.1 Å². The summed E-state index contributed by atoms with van der Waals surface area (Å²) in [5, 5.41) is 18.3. The Labute approximate surface area is 114 Å². The van der Waals surface area contributed by atoms with Gasteiger partial charge in [0.1, 0.15) is 5.69 Å². The van der Waals surface area contributed by atoms with Crippen molar-refractivity contribution >= 4 is 16.6 Å². The smallest absolute Gasteiger partial charge is 0.271 e. The Bertz CT molecular complexity index is 842. The maximum atomic E-state index is 10.7. The first-order valence-electron chi connectivity index (χ1n) is 5.93. The van der Waals surface area contributed by atoms with Gasteiger partial charge in [-0.2, -0.15) is 5.10 Å². The Hall–Kier alpha value is -3.13. The minimum Gasteiger partial charge on any atom is -0.276 e. The standard InChI is InChI=1S/C15H9N3O2/c19-18(20)12-7-8-13-14(16-17-15(13)10-12)9-6-11-4-2-1-3-5-11/h1-5,7-8,10H,(H,16,17). The quantitative estimate of drug-likeness (QED) is 0.417. The molecule has 0 unspecified atom stereocenters.